The predicted octanol–water partition coefficient (Wildman–Crippen LogP) is 5.32. The van der Waals surface area contributed by atoms with Gasteiger partial charge in [0.25, 0.3) is 0 Å². The Morgan fingerprint density at radius 1 is 1.30 bits per heavy atom. The van der Waals surface area contributed by atoms with Gasteiger partial charge in [0.15, 0.2) is 5.13 Å². The number of carbonyl (C=O) groups excluding carboxylic acids is 1. The van der Waals surface area contributed by atoms with Gasteiger partial charge in [-0.1, -0.05) is 33.2 Å². The first kappa shape index (κ1) is 21.2. The molecule has 3 heterocycles. The second kappa shape index (κ2) is 9.41. The van der Waals surface area contributed by atoms with Crippen LogP contribution in [0.4, 0.5) is 5.13 Å². The van der Waals surface area contributed by atoms with Gasteiger partial charge in [-0.15, -0.1) is 11.3 Å². The number of hydrogen-bond acceptors (Lipinski definition) is 6. The lowest BCUT2D eigenvalue weighted by Crippen LogP contribution is -2.37. The highest BCUT2D eigenvalue weighted by Gasteiger charge is 2.26. The van der Waals surface area contributed by atoms with Gasteiger partial charge in [0, 0.05) is 34.0 Å². The van der Waals surface area contributed by atoms with Crippen LogP contribution in [0.2, 0.25) is 0 Å². The summed E-state index contributed by atoms with van der Waals surface area (Å²) >= 11 is 4.96. The van der Waals surface area contributed by atoms with Gasteiger partial charge < -0.3 is 9.26 Å². The minimum atomic E-state index is 0.0437. The van der Waals surface area contributed by atoms with Gasteiger partial charge in [-0.05, 0) is 45.2 Å². The second-order valence-corrected chi connectivity index (χ2v) is 9.22. The monoisotopic (exact) mass is 489 g/mol. The van der Waals surface area contributed by atoms with Crippen LogP contribution in [-0.2, 0) is 16.0 Å². The molecular weight excluding hydrogens is 466 g/mol. The smallest absolute Gasteiger partial charge is 0.229 e. The zero-order valence-electron chi connectivity index (χ0n) is 17.1. The standard InChI is InChI=1S/C22H24BrN3O3S/c1-14-19(15(2)29-25-14)9-10-21(27)26(12-18-4-3-11-28-18)22-24-20(13-30-22)16-5-7-17(23)8-6-16/h5-8,13,18H,3-4,9-12H2,1-2H3. The molecule has 0 aliphatic carbocycles. The van der Waals surface area contributed by atoms with E-state index in [0.717, 1.165) is 52.2 Å². The minimum absolute atomic E-state index is 0.0437. The molecule has 2 aromatic heterocycles. The number of nitrogens with zero attached hydrogens (tertiary/aromatic N) is 3. The lowest BCUT2D eigenvalue weighted by atomic mass is 10.1. The van der Waals surface area contributed by atoms with Crippen LogP contribution in [0.25, 0.3) is 11.3 Å². The van der Waals surface area contributed by atoms with Crippen molar-refractivity contribution in [3.8, 4) is 11.3 Å². The van der Waals surface area contributed by atoms with E-state index in [9.17, 15) is 4.79 Å². The van der Waals surface area contributed by atoms with E-state index in [-0.39, 0.29) is 12.0 Å². The summed E-state index contributed by atoms with van der Waals surface area (Å²) in [6.07, 6.45) is 3.05. The summed E-state index contributed by atoms with van der Waals surface area (Å²) in [5, 5.41) is 6.71. The van der Waals surface area contributed by atoms with Crippen molar-refractivity contribution in [3.63, 3.8) is 0 Å². The molecule has 1 atom stereocenters. The van der Waals surface area contributed by atoms with Crippen LogP contribution in [0.1, 0.15) is 36.3 Å². The molecule has 1 aliphatic heterocycles. The number of aromatic nitrogens is 2. The lowest BCUT2D eigenvalue weighted by molar-refractivity contribution is -0.119. The van der Waals surface area contributed by atoms with Crippen LogP contribution < -0.4 is 4.90 Å². The van der Waals surface area contributed by atoms with E-state index in [1.807, 2.05) is 43.5 Å². The van der Waals surface area contributed by atoms with Crippen molar-refractivity contribution in [1.29, 1.82) is 0 Å². The molecule has 0 saturated carbocycles. The molecule has 158 valence electrons. The van der Waals surface area contributed by atoms with E-state index in [4.69, 9.17) is 14.2 Å². The quantitative estimate of drug-likeness (QED) is 0.448. The number of halogens is 1. The van der Waals surface area contributed by atoms with Crippen molar-refractivity contribution in [2.45, 2.75) is 45.6 Å². The molecule has 0 bridgehead atoms. The first-order valence-corrected chi connectivity index (χ1v) is 11.7. The highest BCUT2D eigenvalue weighted by atomic mass is 79.9. The van der Waals surface area contributed by atoms with Gasteiger partial charge in [0.2, 0.25) is 5.91 Å². The third-order valence-corrected chi connectivity index (χ3v) is 6.74. The summed E-state index contributed by atoms with van der Waals surface area (Å²) in [5.41, 5.74) is 3.76. The maximum Gasteiger partial charge on any atom is 0.229 e. The minimum Gasteiger partial charge on any atom is -0.376 e. The topological polar surface area (TPSA) is 68.5 Å². The largest absolute Gasteiger partial charge is 0.376 e. The highest BCUT2D eigenvalue weighted by molar-refractivity contribution is 9.10. The number of ether oxygens (including phenoxy) is 1. The number of hydrogen-bond donors (Lipinski definition) is 0. The number of aryl methyl sites for hydroxylation is 2. The lowest BCUT2D eigenvalue weighted by Gasteiger charge is -2.23. The summed E-state index contributed by atoms with van der Waals surface area (Å²) < 4.78 is 12.1. The summed E-state index contributed by atoms with van der Waals surface area (Å²) in [6.45, 7) is 5.09. The van der Waals surface area contributed by atoms with Crippen LogP contribution >= 0.6 is 27.3 Å². The molecule has 1 fully saturated rings. The van der Waals surface area contributed by atoms with Crippen LogP contribution in [-0.4, -0.2) is 35.3 Å². The first-order chi connectivity index (χ1) is 14.5. The van der Waals surface area contributed by atoms with E-state index in [0.29, 0.717) is 24.5 Å². The molecule has 1 saturated heterocycles. The Morgan fingerprint density at radius 3 is 2.77 bits per heavy atom. The summed E-state index contributed by atoms with van der Waals surface area (Å²) in [5.74, 6) is 0.819. The number of rotatable bonds is 7. The summed E-state index contributed by atoms with van der Waals surface area (Å²) in [6, 6.07) is 8.03. The molecule has 8 heteroatoms. The van der Waals surface area contributed by atoms with Crippen molar-refractivity contribution in [2.24, 2.45) is 0 Å². The van der Waals surface area contributed by atoms with E-state index >= 15 is 0 Å². The van der Waals surface area contributed by atoms with Gasteiger partial charge >= 0.3 is 0 Å². The second-order valence-electron chi connectivity index (χ2n) is 7.46. The van der Waals surface area contributed by atoms with Gasteiger partial charge in [0.1, 0.15) is 5.76 Å². The summed E-state index contributed by atoms with van der Waals surface area (Å²) in [4.78, 5) is 19.8. The fraction of sp³-hybridized carbons (Fsp3) is 0.409. The average molecular weight is 490 g/mol. The van der Waals surface area contributed by atoms with E-state index in [2.05, 4.69) is 21.1 Å². The number of amides is 1. The Labute approximate surface area is 188 Å². The van der Waals surface area contributed by atoms with Crippen LogP contribution in [0.5, 0.6) is 0 Å². The molecule has 0 spiro atoms. The molecule has 6 nitrogen and oxygen atoms in total. The molecule has 1 amide bonds. The number of thiazole rings is 1. The van der Waals surface area contributed by atoms with Crippen LogP contribution in [0.15, 0.2) is 38.6 Å². The van der Waals surface area contributed by atoms with Gasteiger partial charge in [-0.3, -0.25) is 9.69 Å². The Balaban J connectivity index is 1.53. The molecule has 3 aromatic rings. The van der Waals surface area contributed by atoms with Gasteiger partial charge in [0.05, 0.1) is 24.0 Å². The Bertz CT molecular complexity index is 990. The van der Waals surface area contributed by atoms with Gasteiger partial charge in [-0.25, -0.2) is 4.98 Å². The third-order valence-electron chi connectivity index (χ3n) is 5.34. The molecule has 30 heavy (non-hydrogen) atoms. The maximum atomic E-state index is 13.2. The van der Waals surface area contributed by atoms with E-state index < -0.39 is 0 Å². The van der Waals surface area contributed by atoms with Crippen molar-refractivity contribution < 1.29 is 14.1 Å². The van der Waals surface area contributed by atoms with Crippen molar-refractivity contribution in [3.05, 3.63) is 51.1 Å². The Morgan fingerprint density at radius 2 is 2.10 bits per heavy atom. The normalized spacial score (nSPS) is 16.2. The number of benzene rings is 1. The average Bonchev–Trinajstić information content (AvgIpc) is 3.48. The highest BCUT2D eigenvalue weighted by Crippen LogP contribution is 2.30. The maximum absolute atomic E-state index is 13.2. The first-order valence-electron chi connectivity index (χ1n) is 10.1. The molecular formula is C22H24BrN3O3S. The Hall–Kier alpha value is -2.03. The fourth-order valence-electron chi connectivity index (χ4n) is 3.65. The summed E-state index contributed by atoms with van der Waals surface area (Å²) in [7, 11) is 0. The molecule has 4 rings (SSSR count). The molecule has 1 aliphatic rings. The Kier molecular flexibility index (Phi) is 6.65. The SMILES string of the molecule is Cc1noc(C)c1CCC(=O)N(CC1CCCO1)c1nc(-c2ccc(Br)cc2)cs1. The zero-order valence-corrected chi connectivity index (χ0v) is 19.5. The number of anilines is 1. The van der Waals surface area contributed by atoms with Crippen molar-refractivity contribution in [2.75, 3.05) is 18.1 Å². The van der Waals surface area contributed by atoms with Crippen LogP contribution in [0.3, 0.4) is 0 Å². The zero-order chi connectivity index (χ0) is 21.1. The van der Waals surface area contributed by atoms with E-state index in [1.165, 1.54) is 11.3 Å². The molecule has 0 N–H and O–H groups in total. The number of carbonyl (C=O) groups is 1. The molecule has 0 radical (unpaired) electrons. The third kappa shape index (κ3) is 4.82. The van der Waals surface area contributed by atoms with E-state index in [1.54, 1.807) is 4.90 Å². The van der Waals surface area contributed by atoms with Gasteiger partial charge in [-0.2, -0.15) is 0 Å². The molecule has 1 unspecified atom stereocenters. The van der Waals surface area contributed by atoms with Crippen LogP contribution in [0, 0.1) is 13.8 Å². The fourth-order valence-corrected chi connectivity index (χ4v) is 4.77. The van der Waals surface area contributed by atoms with Crippen molar-refractivity contribution >= 4 is 38.3 Å². The predicted molar refractivity (Wildman–Crippen MR) is 121 cm³/mol. The van der Waals surface area contributed by atoms with Crippen molar-refractivity contribution in [1.82, 2.24) is 10.1 Å². The molecule has 1 aromatic carbocycles.